The molecule has 0 heterocycles. The molecule has 2 rings (SSSR count). The van der Waals surface area contributed by atoms with Crippen LogP contribution in [0.5, 0.6) is 5.75 Å². The Morgan fingerprint density at radius 1 is 1.16 bits per heavy atom. The van der Waals surface area contributed by atoms with Crippen molar-refractivity contribution in [2.24, 2.45) is 0 Å². The molecule has 128 valence electrons. The van der Waals surface area contributed by atoms with Crippen LogP contribution in [0.1, 0.15) is 34.3 Å². The van der Waals surface area contributed by atoms with Crippen LogP contribution in [0.15, 0.2) is 42.5 Å². The zero-order valence-electron chi connectivity index (χ0n) is 14.4. The van der Waals surface area contributed by atoms with Crippen LogP contribution in [0, 0.1) is 13.5 Å². The Labute approximate surface area is 147 Å². The van der Waals surface area contributed by atoms with Gasteiger partial charge in [0.2, 0.25) is 0 Å². The van der Waals surface area contributed by atoms with E-state index in [9.17, 15) is 9.59 Å². The summed E-state index contributed by atoms with van der Waals surface area (Å²) >= 11 is 0. The van der Waals surface area contributed by atoms with Gasteiger partial charge in [-0.2, -0.15) is 0 Å². The topological polar surface area (TPSA) is 57.0 Å². The van der Waals surface area contributed by atoms with Crippen LogP contribution in [0.3, 0.4) is 0 Å². The third-order valence-electron chi connectivity index (χ3n) is 3.84. The molecule has 0 spiro atoms. The molecule has 2 aromatic rings. The molecule has 0 aliphatic rings. The van der Waals surface area contributed by atoms with Gasteiger partial charge in [0.15, 0.2) is 11.5 Å². The van der Waals surface area contributed by atoms with Crippen LogP contribution in [0.2, 0.25) is 0 Å². The summed E-state index contributed by atoms with van der Waals surface area (Å²) in [6.45, 7) is 10.7. The number of rotatable bonds is 6. The zero-order valence-corrected chi connectivity index (χ0v) is 14.4. The highest BCUT2D eigenvalue weighted by atomic mass is 16.5. The molecule has 0 aliphatic carbocycles. The van der Waals surface area contributed by atoms with Gasteiger partial charge in [-0.05, 0) is 31.5 Å². The molecule has 0 radical (unpaired) electrons. The number of carbonyl (C=O) groups is 2. The van der Waals surface area contributed by atoms with Crippen molar-refractivity contribution in [1.82, 2.24) is 0 Å². The largest absolute Gasteiger partial charge is 0.497 e. The maximum atomic E-state index is 13.0. The lowest BCUT2D eigenvalue weighted by atomic mass is 9.88. The Morgan fingerprint density at radius 3 is 2.36 bits per heavy atom. The van der Waals surface area contributed by atoms with Gasteiger partial charge < -0.3 is 9.47 Å². The second-order valence-corrected chi connectivity index (χ2v) is 5.43. The van der Waals surface area contributed by atoms with Gasteiger partial charge in [-0.1, -0.05) is 35.9 Å². The number of ketones is 1. The molecule has 1 atom stereocenters. The van der Waals surface area contributed by atoms with Crippen molar-refractivity contribution in [2.75, 3.05) is 13.7 Å². The van der Waals surface area contributed by atoms with Crippen LogP contribution >= 0.6 is 0 Å². The lowest BCUT2D eigenvalue weighted by Gasteiger charge is -2.17. The van der Waals surface area contributed by atoms with E-state index in [1.807, 2.05) is 0 Å². The SMILES string of the molecule is [C-]#[N+]c1ccc(C(=O)C(C(=O)OCC)c2ccc(OC)cc2)c(C)c1. The minimum Gasteiger partial charge on any atom is -0.497 e. The number of methoxy groups -OCH3 is 1. The van der Waals surface area contributed by atoms with Crippen molar-refractivity contribution in [1.29, 1.82) is 0 Å². The molecule has 5 heteroatoms. The number of esters is 1. The Hall–Kier alpha value is -3.13. The van der Waals surface area contributed by atoms with E-state index in [0.29, 0.717) is 28.1 Å². The number of ether oxygens (including phenoxy) is 2. The fourth-order valence-corrected chi connectivity index (χ4v) is 2.57. The monoisotopic (exact) mass is 337 g/mol. The molecule has 25 heavy (non-hydrogen) atoms. The van der Waals surface area contributed by atoms with Crippen LogP contribution in [-0.4, -0.2) is 25.5 Å². The molecule has 0 aliphatic heterocycles. The minimum absolute atomic E-state index is 0.189. The minimum atomic E-state index is -1.05. The fourth-order valence-electron chi connectivity index (χ4n) is 2.57. The van der Waals surface area contributed by atoms with Crippen LogP contribution < -0.4 is 4.74 Å². The predicted molar refractivity (Wildman–Crippen MR) is 94.1 cm³/mol. The molecule has 0 aromatic heterocycles. The standard InChI is InChI=1S/C20H19NO4/c1-5-25-20(23)18(14-6-9-16(24-4)10-7-14)19(22)17-11-8-15(21-3)12-13(17)2/h6-12,18H,5H2,1-2,4H3. The number of Topliss-reactive ketones (excluding diaryl/α,β-unsaturated/α-hetero) is 1. The van der Waals surface area contributed by atoms with Gasteiger partial charge in [0.25, 0.3) is 0 Å². The maximum Gasteiger partial charge on any atom is 0.321 e. The van der Waals surface area contributed by atoms with E-state index in [4.69, 9.17) is 16.0 Å². The van der Waals surface area contributed by atoms with Crippen molar-refractivity contribution in [3.8, 4) is 5.75 Å². The van der Waals surface area contributed by atoms with Gasteiger partial charge in [0.05, 0.1) is 20.3 Å². The lowest BCUT2D eigenvalue weighted by Crippen LogP contribution is -2.25. The summed E-state index contributed by atoms with van der Waals surface area (Å²) < 4.78 is 10.2. The average molecular weight is 337 g/mol. The molecule has 0 amide bonds. The predicted octanol–water partition coefficient (Wildman–Crippen LogP) is 4.08. The summed E-state index contributed by atoms with van der Waals surface area (Å²) in [5.74, 6) is -1.36. The van der Waals surface area contributed by atoms with Gasteiger partial charge >= 0.3 is 5.97 Å². The molecule has 2 aromatic carbocycles. The first-order chi connectivity index (χ1) is 12.0. The summed E-state index contributed by atoms with van der Waals surface area (Å²) in [5, 5.41) is 0. The highest BCUT2D eigenvalue weighted by Gasteiger charge is 2.31. The molecule has 1 unspecified atom stereocenters. The molecule has 0 saturated carbocycles. The molecule has 0 saturated heterocycles. The number of carbonyl (C=O) groups excluding carboxylic acids is 2. The quantitative estimate of drug-likeness (QED) is 0.345. The zero-order chi connectivity index (χ0) is 18.4. The third kappa shape index (κ3) is 4.04. The van der Waals surface area contributed by atoms with Crippen LogP contribution in [0.4, 0.5) is 5.69 Å². The number of hydrogen-bond acceptors (Lipinski definition) is 4. The van der Waals surface area contributed by atoms with Gasteiger partial charge in [0, 0.05) is 5.56 Å². The number of benzene rings is 2. The second kappa shape index (κ2) is 8.11. The van der Waals surface area contributed by atoms with Crippen LogP contribution in [0.25, 0.3) is 4.85 Å². The summed E-state index contributed by atoms with van der Waals surface area (Å²) in [4.78, 5) is 28.8. The molecule has 0 fully saturated rings. The summed E-state index contributed by atoms with van der Waals surface area (Å²) in [6, 6.07) is 11.6. The van der Waals surface area contributed by atoms with E-state index < -0.39 is 11.9 Å². The highest BCUT2D eigenvalue weighted by Crippen LogP contribution is 2.27. The van der Waals surface area contributed by atoms with Crippen molar-refractivity contribution >= 4 is 17.4 Å². The van der Waals surface area contributed by atoms with E-state index in [-0.39, 0.29) is 12.4 Å². The second-order valence-electron chi connectivity index (χ2n) is 5.43. The van der Waals surface area contributed by atoms with Crippen molar-refractivity contribution in [3.63, 3.8) is 0 Å². The van der Waals surface area contributed by atoms with E-state index in [2.05, 4.69) is 4.85 Å². The van der Waals surface area contributed by atoms with E-state index >= 15 is 0 Å². The maximum absolute atomic E-state index is 13.0. The number of hydrogen-bond donors (Lipinski definition) is 0. The Bertz CT molecular complexity index is 819. The first-order valence-corrected chi connectivity index (χ1v) is 7.84. The van der Waals surface area contributed by atoms with Crippen molar-refractivity contribution in [2.45, 2.75) is 19.8 Å². The Morgan fingerprint density at radius 2 is 1.84 bits per heavy atom. The van der Waals surface area contributed by atoms with Gasteiger partial charge in [-0.25, -0.2) is 4.85 Å². The third-order valence-corrected chi connectivity index (χ3v) is 3.84. The van der Waals surface area contributed by atoms with Crippen molar-refractivity contribution in [3.05, 3.63) is 70.6 Å². The molecular weight excluding hydrogens is 318 g/mol. The smallest absolute Gasteiger partial charge is 0.321 e. The van der Waals surface area contributed by atoms with Crippen molar-refractivity contribution < 1.29 is 19.1 Å². The average Bonchev–Trinajstić information content (AvgIpc) is 2.62. The number of nitrogens with zero attached hydrogens (tertiary/aromatic N) is 1. The summed E-state index contributed by atoms with van der Waals surface area (Å²) in [6.07, 6.45) is 0. The van der Waals surface area contributed by atoms with Gasteiger partial charge in [-0.15, -0.1) is 0 Å². The van der Waals surface area contributed by atoms with Gasteiger partial charge in [0.1, 0.15) is 11.7 Å². The van der Waals surface area contributed by atoms with E-state index in [1.165, 1.54) is 0 Å². The first-order valence-electron chi connectivity index (χ1n) is 7.84. The lowest BCUT2D eigenvalue weighted by molar-refractivity contribution is -0.143. The van der Waals surface area contributed by atoms with Crippen LogP contribution in [-0.2, 0) is 9.53 Å². The summed E-state index contributed by atoms with van der Waals surface area (Å²) in [5.41, 5.74) is 2.05. The Balaban J connectivity index is 2.46. The molecule has 0 bridgehead atoms. The van der Waals surface area contributed by atoms with Gasteiger partial charge in [-0.3, -0.25) is 9.59 Å². The normalized spacial score (nSPS) is 11.3. The molecule has 5 nitrogen and oxygen atoms in total. The highest BCUT2D eigenvalue weighted by molar-refractivity contribution is 6.13. The van der Waals surface area contributed by atoms with E-state index in [1.54, 1.807) is 63.4 Å². The molecule has 0 N–H and O–H groups in total. The Kier molecular flexibility index (Phi) is 5.91. The first kappa shape index (κ1) is 18.2. The number of aryl methyl sites for hydroxylation is 1. The van der Waals surface area contributed by atoms with E-state index in [0.717, 1.165) is 0 Å². The molecular formula is C20H19NO4. The summed E-state index contributed by atoms with van der Waals surface area (Å²) in [7, 11) is 1.55. The fraction of sp³-hybridized carbons (Fsp3) is 0.250.